The van der Waals surface area contributed by atoms with E-state index in [1.165, 1.54) is 12.1 Å². The quantitative estimate of drug-likeness (QED) is 0.793. The van der Waals surface area contributed by atoms with Crippen LogP contribution in [0.25, 0.3) is 11.0 Å². The Labute approximate surface area is 116 Å². The number of pyridine rings is 1. The Hall–Kier alpha value is -2.43. The summed E-state index contributed by atoms with van der Waals surface area (Å²) in [6.07, 6.45) is 4.29. The Bertz CT molecular complexity index is 764. The number of aromatic nitrogens is 3. The fourth-order valence-electron chi connectivity index (χ4n) is 2.21. The largest absolute Gasteiger partial charge is 0.340 e. The van der Waals surface area contributed by atoms with Crippen LogP contribution in [0, 0.1) is 5.82 Å². The molecule has 20 heavy (non-hydrogen) atoms. The molecule has 0 bridgehead atoms. The first kappa shape index (κ1) is 12.6. The first-order valence-electron chi connectivity index (χ1n) is 6.50. The molecule has 0 fully saturated rings. The highest BCUT2D eigenvalue weighted by molar-refractivity contribution is 5.78. The Balaban J connectivity index is 2.00. The minimum absolute atomic E-state index is 0.258. The second-order valence-corrected chi connectivity index (χ2v) is 4.69. The number of benzene rings is 1. The van der Waals surface area contributed by atoms with Crippen LogP contribution < -0.4 is 5.32 Å². The maximum atomic E-state index is 13.4. The summed E-state index contributed by atoms with van der Waals surface area (Å²) in [5.74, 6) is 0.424. The van der Waals surface area contributed by atoms with Gasteiger partial charge in [0.15, 0.2) is 0 Å². The van der Waals surface area contributed by atoms with Gasteiger partial charge in [-0.2, -0.15) is 0 Å². The van der Waals surface area contributed by atoms with Gasteiger partial charge in [0.2, 0.25) is 0 Å². The Kier molecular flexibility index (Phi) is 3.10. The van der Waals surface area contributed by atoms with Crippen molar-refractivity contribution < 1.29 is 4.39 Å². The van der Waals surface area contributed by atoms with E-state index in [9.17, 15) is 4.39 Å². The number of aryl methyl sites for hydroxylation is 2. The van der Waals surface area contributed by atoms with Gasteiger partial charge >= 0.3 is 0 Å². The van der Waals surface area contributed by atoms with Crippen molar-refractivity contribution in [3.8, 4) is 0 Å². The first-order chi connectivity index (χ1) is 9.67. The number of anilines is 2. The van der Waals surface area contributed by atoms with Gasteiger partial charge in [-0.15, -0.1) is 0 Å². The Morgan fingerprint density at radius 2 is 2.10 bits per heavy atom. The smallest absolute Gasteiger partial charge is 0.132 e. The summed E-state index contributed by atoms with van der Waals surface area (Å²) in [4.78, 5) is 8.54. The van der Waals surface area contributed by atoms with Crippen molar-refractivity contribution in [3.63, 3.8) is 0 Å². The highest BCUT2D eigenvalue weighted by Crippen LogP contribution is 2.23. The molecule has 0 aliphatic heterocycles. The normalized spacial score (nSPS) is 10.9. The maximum Gasteiger partial charge on any atom is 0.132 e. The lowest BCUT2D eigenvalue weighted by Crippen LogP contribution is -1.98. The molecule has 5 heteroatoms. The van der Waals surface area contributed by atoms with Crippen molar-refractivity contribution in [1.82, 2.24) is 14.5 Å². The lowest BCUT2D eigenvalue weighted by atomic mass is 10.1. The summed E-state index contributed by atoms with van der Waals surface area (Å²) in [6, 6.07) is 6.67. The van der Waals surface area contributed by atoms with Gasteiger partial charge in [0.1, 0.15) is 17.2 Å². The third-order valence-corrected chi connectivity index (χ3v) is 3.33. The number of rotatable bonds is 3. The summed E-state index contributed by atoms with van der Waals surface area (Å²) >= 11 is 0. The van der Waals surface area contributed by atoms with Gasteiger partial charge in [-0.3, -0.25) is 0 Å². The van der Waals surface area contributed by atoms with Crippen molar-refractivity contribution >= 4 is 22.5 Å². The van der Waals surface area contributed by atoms with E-state index in [1.807, 2.05) is 24.6 Å². The number of hydrogen-bond acceptors (Lipinski definition) is 3. The van der Waals surface area contributed by atoms with Gasteiger partial charge in [-0.05, 0) is 24.1 Å². The zero-order valence-corrected chi connectivity index (χ0v) is 11.4. The number of nitrogens with zero attached hydrogens (tertiary/aromatic N) is 3. The molecule has 0 amide bonds. The highest BCUT2D eigenvalue weighted by atomic mass is 19.1. The van der Waals surface area contributed by atoms with E-state index in [0.717, 1.165) is 28.7 Å². The molecule has 0 saturated heterocycles. The topological polar surface area (TPSA) is 42.7 Å². The molecule has 3 rings (SSSR count). The van der Waals surface area contributed by atoms with Gasteiger partial charge < -0.3 is 9.88 Å². The summed E-state index contributed by atoms with van der Waals surface area (Å²) in [6.45, 7) is 2.04. The third-order valence-electron chi connectivity index (χ3n) is 3.33. The SMILES string of the molecule is CCc1ccc(F)cc1Nc1cc2c(cn1)ncn2C. The number of halogens is 1. The van der Waals surface area contributed by atoms with Crippen molar-refractivity contribution in [2.75, 3.05) is 5.32 Å². The molecular weight excluding hydrogens is 255 g/mol. The molecule has 102 valence electrons. The molecule has 2 aromatic heterocycles. The average molecular weight is 270 g/mol. The number of hydrogen-bond donors (Lipinski definition) is 1. The number of imidazole rings is 1. The van der Waals surface area contributed by atoms with Crippen molar-refractivity contribution in [1.29, 1.82) is 0 Å². The van der Waals surface area contributed by atoms with E-state index in [0.29, 0.717) is 5.82 Å². The third kappa shape index (κ3) is 2.22. The predicted molar refractivity (Wildman–Crippen MR) is 77.6 cm³/mol. The van der Waals surface area contributed by atoms with E-state index in [1.54, 1.807) is 18.6 Å². The van der Waals surface area contributed by atoms with Crippen molar-refractivity contribution in [2.24, 2.45) is 7.05 Å². The number of nitrogens with one attached hydrogen (secondary N) is 1. The first-order valence-corrected chi connectivity index (χ1v) is 6.50. The van der Waals surface area contributed by atoms with Gasteiger partial charge in [0, 0.05) is 18.8 Å². The van der Waals surface area contributed by atoms with Crippen LogP contribution in [0.4, 0.5) is 15.9 Å². The summed E-state index contributed by atoms with van der Waals surface area (Å²) < 4.78 is 15.3. The van der Waals surface area contributed by atoms with Gasteiger partial charge in [-0.1, -0.05) is 13.0 Å². The number of fused-ring (bicyclic) bond motifs is 1. The molecule has 0 aliphatic carbocycles. The van der Waals surface area contributed by atoms with E-state index in [2.05, 4.69) is 15.3 Å². The molecule has 0 aliphatic rings. The van der Waals surface area contributed by atoms with Crippen LogP contribution in [0.15, 0.2) is 36.8 Å². The molecule has 0 radical (unpaired) electrons. The summed E-state index contributed by atoms with van der Waals surface area (Å²) in [7, 11) is 1.93. The minimum Gasteiger partial charge on any atom is -0.340 e. The molecule has 1 aromatic carbocycles. The summed E-state index contributed by atoms with van der Waals surface area (Å²) in [5.41, 5.74) is 3.63. The van der Waals surface area contributed by atoms with Gasteiger partial charge in [-0.25, -0.2) is 14.4 Å². The van der Waals surface area contributed by atoms with Gasteiger partial charge in [0.05, 0.1) is 18.0 Å². The van der Waals surface area contributed by atoms with Gasteiger partial charge in [0.25, 0.3) is 0 Å². The summed E-state index contributed by atoms with van der Waals surface area (Å²) in [5, 5.41) is 3.18. The average Bonchev–Trinajstić information content (AvgIpc) is 2.81. The van der Waals surface area contributed by atoms with Crippen molar-refractivity contribution in [2.45, 2.75) is 13.3 Å². The zero-order valence-electron chi connectivity index (χ0n) is 11.4. The molecular formula is C15H15FN4. The zero-order chi connectivity index (χ0) is 14.1. The second-order valence-electron chi connectivity index (χ2n) is 4.69. The van der Waals surface area contributed by atoms with Crippen LogP contribution in [0.1, 0.15) is 12.5 Å². The molecule has 0 spiro atoms. The lowest BCUT2D eigenvalue weighted by molar-refractivity contribution is 0.628. The van der Waals surface area contributed by atoms with Crippen LogP contribution >= 0.6 is 0 Å². The van der Waals surface area contributed by atoms with Crippen LogP contribution in [0.3, 0.4) is 0 Å². The fraction of sp³-hybridized carbons (Fsp3) is 0.200. The van der Waals surface area contributed by atoms with E-state index < -0.39 is 0 Å². The highest BCUT2D eigenvalue weighted by Gasteiger charge is 2.06. The molecule has 3 aromatic rings. The fourth-order valence-corrected chi connectivity index (χ4v) is 2.21. The molecule has 0 saturated carbocycles. The van der Waals surface area contributed by atoms with Crippen LogP contribution in [0.5, 0.6) is 0 Å². The monoisotopic (exact) mass is 270 g/mol. The molecule has 0 unspecified atom stereocenters. The van der Waals surface area contributed by atoms with Crippen molar-refractivity contribution in [3.05, 3.63) is 48.2 Å². The Morgan fingerprint density at radius 3 is 2.90 bits per heavy atom. The standard InChI is InChI=1S/C15H15FN4/c1-3-10-4-5-11(16)6-12(10)19-15-7-14-13(8-17-15)18-9-20(14)2/h4-9H,3H2,1-2H3,(H,17,19). The second kappa shape index (κ2) is 4.92. The van der Waals surface area contributed by atoms with E-state index in [4.69, 9.17) is 0 Å². The lowest BCUT2D eigenvalue weighted by Gasteiger charge is -2.10. The van der Waals surface area contributed by atoms with Crippen LogP contribution in [0.2, 0.25) is 0 Å². The van der Waals surface area contributed by atoms with E-state index >= 15 is 0 Å². The van der Waals surface area contributed by atoms with Crippen LogP contribution in [-0.2, 0) is 13.5 Å². The minimum atomic E-state index is -0.258. The molecule has 4 nitrogen and oxygen atoms in total. The molecule has 2 heterocycles. The Morgan fingerprint density at radius 1 is 1.25 bits per heavy atom. The molecule has 1 N–H and O–H groups in total. The predicted octanol–water partition coefficient (Wildman–Crippen LogP) is 3.41. The molecule has 0 atom stereocenters. The van der Waals surface area contributed by atoms with E-state index in [-0.39, 0.29) is 5.82 Å². The maximum absolute atomic E-state index is 13.4. The van der Waals surface area contributed by atoms with Crippen LogP contribution in [-0.4, -0.2) is 14.5 Å².